The van der Waals surface area contributed by atoms with Crippen LogP contribution in [0.4, 0.5) is 0 Å². The van der Waals surface area contributed by atoms with Gasteiger partial charge in [-0.05, 0) is 84.3 Å². The Bertz CT molecular complexity index is 930. The number of hydrogen-bond donors (Lipinski definition) is 3. The normalized spacial score (nSPS) is 14.7. The number of carbonyl (C=O) groups is 1. The van der Waals surface area contributed by atoms with Gasteiger partial charge in [0.25, 0.3) is 5.91 Å². The SMILES string of the molecule is CCc1cc(O)c(C/C=C(\C)CCC=C(C)C)c(O)c1C(=O)NC(C)CC1=CCCC=C1. The van der Waals surface area contributed by atoms with Crippen LogP contribution in [-0.2, 0) is 12.8 Å². The summed E-state index contributed by atoms with van der Waals surface area (Å²) in [4.78, 5) is 13.1. The molecule has 0 saturated heterocycles. The number of amides is 1. The van der Waals surface area contributed by atoms with E-state index in [2.05, 4.69) is 50.4 Å². The average molecular weight is 438 g/mol. The lowest BCUT2D eigenvalue weighted by atomic mass is 9.95. The van der Waals surface area contributed by atoms with E-state index in [-0.39, 0.29) is 29.0 Å². The Morgan fingerprint density at radius 1 is 1.19 bits per heavy atom. The molecule has 1 aromatic carbocycles. The summed E-state index contributed by atoms with van der Waals surface area (Å²) >= 11 is 0. The highest BCUT2D eigenvalue weighted by molar-refractivity contribution is 5.99. The monoisotopic (exact) mass is 437 g/mol. The molecular weight excluding hydrogens is 398 g/mol. The predicted molar refractivity (Wildman–Crippen MR) is 133 cm³/mol. The maximum atomic E-state index is 13.1. The van der Waals surface area contributed by atoms with Gasteiger partial charge in [-0.25, -0.2) is 0 Å². The lowest BCUT2D eigenvalue weighted by molar-refractivity contribution is 0.0936. The molecule has 1 unspecified atom stereocenters. The van der Waals surface area contributed by atoms with Crippen LogP contribution >= 0.6 is 0 Å². The van der Waals surface area contributed by atoms with Crippen LogP contribution in [0.2, 0.25) is 0 Å². The maximum absolute atomic E-state index is 13.1. The first-order valence-corrected chi connectivity index (χ1v) is 11.7. The third-order valence-corrected chi connectivity index (χ3v) is 5.81. The molecule has 0 spiro atoms. The molecule has 2 rings (SSSR count). The smallest absolute Gasteiger partial charge is 0.255 e. The van der Waals surface area contributed by atoms with E-state index in [0.717, 1.165) is 32.1 Å². The fourth-order valence-electron chi connectivity index (χ4n) is 3.97. The predicted octanol–water partition coefficient (Wildman–Crippen LogP) is 6.68. The second-order valence-corrected chi connectivity index (χ2v) is 9.02. The average Bonchev–Trinajstić information content (AvgIpc) is 2.73. The van der Waals surface area contributed by atoms with Crippen molar-refractivity contribution in [2.75, 3.05) is 0 Å². The Kier molecular flexibility index (Phi) is 9.83. The third kappa shape index (κ3) is 7.44. The highest BCUT2D eigenvalue weighted by atomic mass is 16.3. The number of allylic oxidation sites excluding steroid dienone is 7. The summed E-state index contributed by atoms with van der Waals surface area (Å²) in [5, 5.41) is 24.5. The van der Waals surface area contributed by atoms with Crippen LogP contribution in [0.25, 0.3) is 0 Å². The molecule has 1 aliphatic rings. The summed E-state index contributed by atoms with van der Waals surface area (Å²) in [5.74, 6) is -0.371. The van der Waals surface area contributed by atoms with Gasteiger partial charge in [-0.3, -0.25) is 4.79 Å². The highest BCUT2D eigenvalue weighted by Gasteiger charge is 2.23. The van der Waals surface area contributed by atoms with Crippen molar-refractivity contribution in [3.05, 3.63) is 69.9 Å². The Morgan fingerprint density at radius 3 is 2.56 bits per heavy atom. The summed E-state index contributed by atoms with van der Waals surface area (Å²) in [6, 6.07) is 1.56. The molecule has 174 valence electrons. The number of hydrogen-bond acceptors (Lipinski definition) is 3. The van der Waals surface area contributed by atoms with E-state index < -0.39 is 0 Å². The number of nitrogens with one attached hydrogen (secondary N) is 1. The minimum absolute atomic E-state index is 0.0368. The minimum Gasteiger partial charge on any atom is -0.508 e. The molecule has 32 heavy (non-hydrogen) atoms. The fourth-order valence-corrected chi connectivity index (χ4v) is 3.97. The number of rotatable bonds is 10. The van der Waals surface area contributed by atoms with Crippen molar-refractivity contribution in [1.82, 2.24) is 5.32 Å². The van der Waals surface area contributed by atoms with E-state index >= 15 is 0 Å². The first kappa shape index (κ1) is 25.5. The quantitative estimate of drug-likeness (QED) is 0.358. The molecule has 0 fully saturated rings. The van der Waals surface area contributed by atoms with Gasteiger partial charge in [-0.1, -0.05) is 54.0 Å². The van der Waals surface area contributed by atoms with Crippen molar-refractivity contribution in [1.29, 1.82) is 0 Å². The summed E-state index contributed by atoms with van der Waals surface area (Å²) in [6.45, 7) is 10.1. The van der Waals surface area contributed by atoms with Crippen LogP contribution < -0.4 is 5.32 Å². The molecule has 1 atom stereocenters. The Hall–Kier alpha value is -2.75. The van der Waals surface area contributed by atoms with Crippen molar-refractivity contribution in [2.24, 2.45) is 0 Å². The van der Waals surface area contributed by atoms with Crippen LogP contribution in [0.5, 0.6) is 11.5 Å². The van der Waals surface area contributed by atoms with Crippen molar-refractivity contribution in [3.8, 4) is 11.5 Å². The molecule has 1 aliphatic carbocycles. The second kappa shape index (κ2) is 12.3. The van der Waals surface area contributed by atoms with E-state index in [9.17, 15) is 15.0 Å². The van der Waals surface area contributed by atoms with Crippen LogP contribution in [0.1, 0.15) is 88.2 Å². The number of carbonyl (C=O) groups excluding carboxylic acids is 1. The fraction of sp³-hybridized carbons (Fsp3) is 0.464. The second-order valence-electron chi connectivity index (χ2n) is 9.02. The Labute approximate surface area is 193 Å². The van der Waals surface area contributed by atoms with Crippen molar-refractivity contribution in [3.63, 3.8) is 0 Å². The van der Waals surface area contributed by atoms with Crippen molar-refractivity contribution >= 4 is 5.91 Å². The zero-order valence-corrected chi connectivity index (χ0v) is 20.3. The molecular formula is C28H39NO3. The molecule has 3 N–H and O–H groups in total. The first-order valence-electron chi connectivity index (χ1n) is 11.7. The van der Waals surface area contributed by atoms with Gasteiger partial charge in [0, 0.05) is 11.6 Å². The molecule has 0 radical (unpaired) electrons. The van der Waals surface area contributed by atoms with Gasteiger partial charge in [0.1, 0.15) is 11.5 Å². The standard InChI is InChI=1S/C28H39NO3/c1-6-23-18-25(30)24(16-15-20(4)12-10-11-19(2)3)27(31)26(23)28(32)29-21(5)17-22-13-8-7-9-14-22/h8,11,13-15,18,21,30-31H,6-7,9-10,12,16-17H2,1-5H3,(H,29,32)/b20-15+. The lowest BCUT2D eigenvalue weighted by Gasteiger charge is -2.19. The van der Waals surface area contributed by atoms with Crippen LogP contribution in [0, 0.1) is 0 Å². The molecule has 4 heteroatoms. The maximum Gasteiger partial charge on any atom is 0.255 e. The van der Waals surface area contributed by atoms with Gasteiger partial charge in [-0.15, -0.1) is 0 Å². The van der Waals surface area contributed by atoms with Gasteiger partial charge in [0.05, 0.1) is 5.56 Å². The lowest BCUT2D eigenvalue weighted by Crippen LogP contribution is -2.33. The Morgan fingerprint density at radius 2 is 1.94 bits per heavy atom. The van der Waals surface area contributed by atoms with Crippen LogP contribution in [-0.4, -0.2) is 22.2 Å². The summed E-state index contributed by atoms with van der Waals surface area (Å²) in [6.07, 6.45) is 16.4. The molecule has 1 amide bonds. The van der Waals surface area contributed by atoms with E-state index in [0.29, 0.717) is 24.0 Å². The largest absolute Gasteiger partial charge is 0.508 e. The molecule has 0 saturated carbocycles. The molecule has 0 heterocycles. The van der Waals surface area contributed by atoms with Gasteiger partial charge in [0.2, 0.25) is 0 Å². The highest BCUT2D eigenvalue weighted by Crippen LogP contribution is 2.35. The molecule has 1 aromatic rings. The van der Waals surface area contributed by atoms with E-state index in [4.69, 9.17) is 0 Å². The van der Waals surface area contributed by atoms with Gasteiger partial charge >= 0.3 is 0 Å². The summed E-state index contributed by atoms with van der Waals surface area (Å²) in [7, 11) is 0. The number of phenolic OH excluding ortho intramolecular Hbond substituents is 2. The van der Waals surface area contributed by atoms with Crippen LogP contribution in [0.15, 0.2) is 53.2 Å². The van der Waals surface area contributed by atoms with E-state index in [1.807, 2.05) is 19.9 Å². The molecule has 0 aliphatic heterocycles. The number of aryl methyl sites for hydroxylation is 1. The van der Waals surface area contributed by atoms with Gasteiger partial charge in [0.15, 0.2) is 0 Å². The topological polar surface area (TPSA) is 69.6 Å². The first-order chi connectivity index (χ1) is 15.2. The summed E-state index contributed by atoms with van der Waals surface area (Å²) < 4.78 is 0. The van der Waals surface area contributed by atoms with Crippen LogP contribution in [0.3, 0.4) is 0 Å². The van der Waals surface area contributed by atoms with Gasteiger partial charge in [-0.2, -0.15) is 0 Å². The van der Waals surface area contributed by atoms with E-state index in [1.54, 1.807) is 6.07 Å². The molecule has 4 nitrogen and oxygen atoms in total. The summed E-state index contributed by atoms with van der Waals surface area (Å²) in [5.41, 5.74) is 5.03. The minimum atomic E-state index is -0.294. The zero-order chi connectivity index (χ0) is 23.7. The van der Waals surface area contributed by atoms with Gasteiger partial charge < -0.3 is 15.5 Å². The zero-order valence-electron chi connectivity index (χ0n) is 20.3. The van der Waals surface area contributed by atoms with E-state index in [1.165, 1.54) is 16.7 Å². The third-order valence-electron chi connectivity index (χ3n) is 5.81. The van der Waals surface area contributed by atoms with Crippen molar-refractivity contribution < 1.29 is 15.0 Å². The number of benzene rings is 1. The molecule has 0 bridgehead atoms. The molecule has 0 aromatic heterocycles. The van der Waals surface area contributed by atoms with Crippen molar-refractivity contribution in [2.45, 2.75) is 85.6 Å². The number of phenols is 2. The Balaban J connectivity index is 2.19. The number of aromatic hydroxyl groups is 2.